The Morgan fingerprint density at radius 3 is 2.60 bits per heavy atom. The molecule has 3 rings (SSSR count). The minimum absolute atomic E-state index is 0.0664. The van der Waals surface area contributed by atoms with Gasteiger partial charge in [-0.2, -0.15) is 0 Å². The van der Waals surface area contributed by atoms with Gasteiger partial charge in [-0.25, -0.2) is 14.2 Å². The first kappa shape index (κ1) is 21.0. The van der Waals surface area contributed by atoms with Crippen LogP contribution in [0.5, 0.6) is 5.75 Å². The third-order valence-electron chi connectivity index (χ3n) is 4.22. The third kappa shape index (κ3) is 4.47. The van der Waals surface area contributed by atoms with Crippen LogP contribution in [0.15, 0.2) is 47.3 Å². The Morgan fingerprint density at radius 1 is 1.17 bits per heavy atom. The van der Waals surface area contributed by atoms with Crippen LogP contribution in [0.2, 0.25) is 5.02 Å². The molecule has 0 saturated carbocycles. The van der Waals surface area contributed by atoms with Crippen molar-refractivity contribution in [3.63, 3.8) is 0 Å². The lowest BCUT2D eigenvalue weighted by molar-refractivity contribution is -0.116. The summed E-state index contributed by atoms with van der Waals surface area (Å²) in [6, 6.07) is 10.5. The molecule has 8 nitrogen and oxygen atoms in total. The van der Waals surface area contributed by atoms with E-state index in [2.05, 4.69) is 15.3 Å². The summed E-state index contributed by atoms with van der Waals surface area (Å²) < 4.78 is 13.9. The monoisotopic (exact) mass is 431 g/mol. The fourth-order valence-corrected chi connectivity index (χ4v) is 3.02. The fraction of sp³-hybridized carbons (Fsp3) is 0.100. The average molecular weight is 432 g/mol. The van der Waals surface area contributed by atoms with Crippen molar-refractivity contribution in [2.45, 2.75) is 12.8 Å². The van der Waals surface area contributed by atoms with Crippen molar-refractivity contribution in [2.24, 2.45) is 0 Å². The molecule has 10 heteroatoms. The van der Waals surface area contributed by atoms with E-state index in [0.29, 0.717) is 0 Å². The molecule has 1 aromatic heterocycles. The molecule has 1 heterocycles. The second-order valence-corrected chi connectivity index (χ2v) is 6.62. The van der Waals surface area contributed by atoms with Crippen LogP contribution in [0.3, 0.4) is 0 Å². The summed E-state index contributed by atoms with van der Waals surface area (Å²) in [6.07, 6.45) is -0.00808. The lowest BCUT2D eigenvalue weighted by Crippen LogP contribution is -2.17. The Kier molecular flexibility index (Phi) is 6.12. The number of hydrogen-bond acceptors (Lipinski definition) is 5. The van der Waals surface area contributed by atoms with Crippen LogP contribution in [0, 0.1) is 5.82 Å². The van der Waals surface area contributed by atoms with E-state index in [1.54, 1.807) is 12.1 Å². The fourth-order valence-electron chi connectivity index (χ4n) is 2.76. The zero-order valence-electron chi connectivity index (χ0n) is 15.3. The second-order valence-electron chi connectivity index (χ2n) is 6.21. The van der Waals surface area contributed by atoms with Gasteiger partial charge in [0.15, 0.2) is 5.69 Å². The average Bonchev–Trinajstić information content (AvgIpc) is 2.70. The second kappa shape index (κ2) is 8.75. The number of carboxylic acids is 1. The Labute approximate surface area is 174 Å². The van der Waals surface area contributed by atoms with E-state index in [4.69, 9.17) is 16.7 Å². The molecule has 0 fully saturated rings. The molecule has 0 unspecified atom stereocenters. The molecule has 1 amide bonds. The summed E-state index contributed by atoms with van der Waals surface area (Å²) in [5, 5.41) is 21.5. The van der Waals surface area contributed by atoms with Crippen LogP contribution >= 0.6 is 11.6 Å². The smallest absolute Gasteiger partial charge is 0.358 e. The summed E-state index contributed by atoms with van der Waals surface area (Å²) >= 11 is 5.96. The highest BCUT2D eigenvalue weighted by Crippen LogP contribution is 2.26. The standard InChI is InChI=1S/C20H15ClFN3O5/c21-12-5-3-6-13(22)10(12)8-9-15(26)23-14-7-2-1-4-11(14)18-24-16(20(29)30)17(27)19(28)25-18/h1-7,27H,8-9H2,(H,23,26)(H,29,30)(H,24,25,28). The number of nitrogens with one attached hydrogen (secondary N) is 2. The number of aromatic hydroxyl groups is 1. The van der Waals surface area contributed by atoms with E-state index in [9.17, 15) is 23.9 Å². The van der Waals surface area contributed by atoms with Crippen molar-refractivity contribution in [1.82, 2.24) is 9.97 Å². The minimum Gasteiger partial charge on any atom is -0.501 e. The van der Waals surface area contributed by atoms with E-state index in [-0.39, 0.29) is 40.5 Å². The molecular formula is C20H15ClFN3O5. The van der Waals surface area contributed by atoms with Crippen molar-refractivity contribution in [2.75, 3.05) is 5.32 Å². The van der Waals surface area contributed by atoms with Crippen LogP contribution in [-0.2, 0) is 11.2 Å². The lowest BCUT2D eigenvalue weighted by atomic mass is 10.1. The van der Waals surface area contributed by atoms with E-state index in [1.807, 2.05) is 0 Å². The normalized spacial score (nSPS) is 10.6. The molecular weight excluding hydrogens is 417 g/mol. The molecule has 0 bridgehead atoms. The number of carbonyl (C=O) groups excluding carboxylic acids is 1. The van der Waals surface area contributed by atoms with Gasteiger partial charge in [-0.1, -0.05) is 29.8 Å². The SMILES string of the molecule is O=C(CCc1c(F)cccc1Cl)Nc1ccccc1-c1nc(C(=O)O)c(O)c(=O)[nH]1. The molecule has 4 N–H and O–H groups in total. The lowest BCUT2D eigenvalue weighted by Gasteiger charge is -2.12. The Morgan fingerprint density at radius 2 is 1.90 bits per heavy atom. The van der Waals surface area contributed by atoms with Crippen LogP contribution < -0.4 is 10.9 Å². The highest BCUT2D eigenvalue weighted by molar-refractivity contribution is 6.31. The maximum atomic E-state index is 13.9. The number of carbonyl (C=O) groups is 2. The van der Waals surface area contributed by atoms with E-state index in [0.717, 1.165) is 0 Å². The van der Waals surface area contributed by atoms with Gasteiger partial charge in [0.25, 0.3) is 5.56 Å². The largest absolute Gasteiger partial charge is 0.501 e. The number of aromatic carboxylic acids is 1. The molecule has 0 aliphatic heterocycles. The van der Waals surface area contributed by atoms with Crippen LogP contribution in [0.25, 0.3) is 11.4 Å². The van der Waals surface area contributed by atoms with E-state index < -0.39 is 34.7 Å². The van der Waals surface area contributed by atoms with Gasteiger partial charge in [0.1, 0.15) is 11.6 Å². The molecule has 3 aromatic rings. The van der Waals surface area contributed by atoms with E-state index in [1.165, 1.54) is 30.3 Å². The maximum absolute atomic E-state index is 13.9. The number of para-hydroxylation sites is 1. The predicted octanol–water partition coefficient (Wildman–Crippen LogP) is 3.20. The molecule has 0 aliphatic rings. The summed E-state index contributed by atoms with van der Waals surface area (Å²) in [4.78, 5) is 41.5. The van der Waals surface area contributed by atoms with Gasteiger partial charge >= 0.3 is 5.97 Å². The van der Waals surface area contributed by atoms with Crippen molar-refractivity contribution in [3.8, 4) is 17.1 Å². The van der Waals surface area contributed by atoms with Gasteiger partial charge in [-0.3, -0.25) is 9.59 Å². The highest BCUT2D eigenvalue weighted by Gasteiger charge is 2.19. The number of benzene rings is 2. The molecule has 0 radical (unpaired) electrons. The number of nitrogens with zero attached hydrogens (tertiary/aromatic N) is 1. The molecule has 0 spiro atoms. The van der Waals surface area contributed by atoms with Gasteiger partial charge < -0.3 is 20.5 Å². The van der Waals surface area contributed by atoms with Crippen molar-refractivity contribution in [1.29, 1.82) is 0 Å². The van der Waals surface area contributed by atoms with Crippen LogP contribution in [-0.4, -0.2) is 32.1 Å². The quantitative estimate of drug-likeness (QED) is 0.473. The number of amides is 1. The van der Waals surface area contributed by atoms with Gasteiger partial charge in [0, 0.05) is 22.6 Å². The topological polar surface area (TPSA) is 132 Å². The summed E-state index contributed by atoms with van der Waals surface area (Å²) in [6.45, 7) is 0. The van der Waals surface area contributed by atoms with E-state index >= 15 is 0 Å². The number of carboxylic acid groups (broad SMARTS) is 1. The first-order chi connectivity index (χ1) is 14.3. The summed E-state index contributed by atoms with van der Waals surface area (Å²) in [5.41, 5.74) is -1.16. The van der Waals surface area contributed by atoms with Crippen molar-refractivity contribution in [3.05, 3.63) is 74.9 Å². The van der Waals surface area contributed by atoms with Crippen LogP contribution in [0.4, 0.5) is 10.1 Å². The molecule has 2 aromatic carbocycles. The predicted molar refractivity (Wildman–Crippen MR) is 107 cm³/mol. The number of anilines is 1. The number of aromatic nitrogens is 2. The van der Waals surface area contributed by atoms with Crippen LogP contribution in [0.1, 0.15) is 22.5 Å². The zero-order chi connectivity index (χ0) is 21.8. The summed E-state index contributed by atoms with van der Waals surface area (Å²) in [5.74, 6) is -3.72. The Bertz CT molecular complexity index is 1180. The molecule has 0 saturated heterocycles. The number of halogens is 2. The maximum Gasteiger partial charge on any atom is 0.358 e. The van der Waals surface area contributed by atoms with Gasteiger partial charge in [0.2, 0.25) is 11.7 Å². The third-order valence-corrected chi connectivity index (χ3v) is 4.57. The number of hydrogen-bond donors (Lipinski definition) is 4. The number of aromatic amines is 1. The van der Waals surface area contributed by atoms with Gasteiger partial charge in [0.05, 0.1) is 5.69 Å². The zero-order valence-corrected chi connectivity index (χ0v) is 16.0. The van der Waals surface area contributed by atoms with Gasteiger partial charge in [-0.15, -0.1) is 0 Å². The first-order valence-corrected chi connectivity index (χ1v) is 9.04. The minimum atomic E-state index is -1.58. The van der Waals surface area contributed by atoms with Crippen molar-refractivity contribution >= 4 is 29.2 Å². The molecule has 0 atom stereocenters. The van der Waals surface area contributed by atoms with Gasteiger partial charge in [-0.05, 0) is 30.7 Å². The number of rotatable bonds is 6. The highest BCUT2D eigenvalue weighted by atomic mass is 35.5. The molecule has 0 aliphatic carbocycles. The molecule has 30 heavy (non-hydrogen) atoms. The number of H-pyrrole nitrogens is 1. The summed E-state index contributed by atoms with van der Waals surface area (Å²) in [7, 11) is 0. The Hall–Kier alpha value is -3.72. The van der Waals surface area contributed by atoms with Crippen molar-refractivity contribution < 1.29 is 24.2 Å². The molecule has 154 valence electrons. The first-order valence-electron chi connectivity index (χ1n) is 8.66. The Balaban J connectivity index is 1.85.